The van der Waals surface area contributed by atoms with Crippen LogP contribution in [0.4, 0.5) is 5.69 Å². The van der Waals surface area contributed by atoms with Crippen molar-refractivity contribution < 1.29 is 18.7 Å². The van der Waals surface area contributed by atoms with Crippen molar-refractivity contribution >= 4 is 28.5 Å². The molecule has 0 atom stereocenters. The van der Waals surface area contributed by atoms with Crippen LogP contribution in [-0.2, 0) is 4.79 Å². The number of nitrogens with zero attached hydrogens (tertiary/aromatic N) is 2. The molecule has 1 aromatic heterocycles. The summed E-state index contributed by atoms with van der Waals surface area (Å²) in [4.78, 5) is 30.0. The van der Waals surface area contributed by atoms with E-state index in [-0.39, 0.29) is 24.2 Å². The smallest absolute Gasteiger partial charge is 0.291 e. The van der Waals surface area contributed by atoms with Gasteiger partial charge in [-0.05, 0) is 37.2 Å². The molecule has 3 aromatic rings. The van der Waals surface area contributed by atoms with Gasteiger partial charge in [0.2, 0.25) is 5.76 Å². The summed E-state index contributed by atoms with van der Waals surface area (Å²) in [5.41, 5.74) is 0.966. The van der Waals surface area contributed by atoms with Gasteiger partial charge in [0, 0.05) is 31.6 Å². The molecule has 4 rings (SSSR count). The lowest BCUT2D eigenvalue weighted by atomic mass is 10.2. The minimum absolute atomic E-state index is 0.160. The third-order valence-corrected chi connectivity index (χ3v) is 5.37. The van der Waals surface area contributed by atoms with E-state index in [4.69, 9.17) is 9.15 Å². The van der Waals surface area contributed by atoms with E-state index in [1.165, 1.54) is 0 Å². The molecule has 1 fully saturated rings. The van der Waals surface area contributed by atoms with Crippen molar-refractivity contribution in [3.8, 4) is 5.75 Å². The van der Waals surface area contributed by atoms with Gasteiger partial charge in [0.25, 0.3) is 11.8 Å². The van der Waals surface area contributed by atoms with Crippen LogP contribution in [0, 0.1) is 0 Å². The van der Waals surface area contributed by atoms with Crippen LogP contribution in [0.3, 0.4) is 0 Å². The fourth-order valence-corrected chi connectivity index (χ4v) is 3.80. The fraction of sp³-hybridized carbons (Fsp3) is 0.333. The molecule has 1 N–H and O–H groups in total. The summed E-state index contributed by atoms with van der Waals surface area (Å²) in [6.07, 6.45) is 1.10. The monoisotopic (exact) mass is 421 g/mol. The number of nitrogens with one attached hydrogen (secondary N) is 1. The Labute approximate surface area is 181 Å². The van der Waals surface area contributed by atoms with Crippen molar-refractivity contribution in [3.63, 3.8) is 0 Å². The molecule has 0 aliphatic carbocycles. The molecule has 1 saturated heterocycles. The normalized spacial score (nSPS) is 14.5. The van der Waals surface area contributed by atoms with Gasteiger partial charge < -0.3 is 19.4 Å². The molecule has 0 spiro atoms. The number of para-hydroxylation sites is 2. The maximum absolute atomic E-state index is 13.2. The highest BCUT2D eigenvalue weighted by Gasteiger charge is 2.28. The van der Waals surface area contributed by atoms with E-state index in [2.05, 4.69) is 17.1 Å². The maximum atomic E-state index is 13.2. The Bertz CT molecular complexity index is 1040. The van der Waals surface area contributed by atoms with E-state index < -0.39 is 0 Å². The van der Waals surface area contributed by atoms with Gasteiger partial charge in [-0.3, -0.25) is 14.5 Å². The van der Waals surface area contributed by atoms with Crippen LogP contribution in [0.25, 0.3) is 11.0 Å². The number of piperazine rings is 1. The van der Waals surface area contributed by atoms with E-state index in [1.54, 1.807) is 23.1 Å². The first-order chi connectivity index (χ1) is 15.2. The average Bonchev–Trinajstić information content (AvgIpc) is 3.17. The van der Waals surface area contributed by atoms with E-state index in [0.717, 1.165) is 26.1 Å². The van der Waals surface area contributed by atoms with Gasteiger partial charge in [-0.25, -0.2) is 0 Å². The highest BCUT2D eigenvalue weighted by molar-refractivity contribution is 6.11. The van der Waals surface area contributed by atoms with Crippen LogP contribution in [0.1, 0.15) is 23.9 Å². The number of furan rings is 1. The Kier molecular flexibility index (Phi) is 6.52. The highest BCUT2D eigenvalue weighted by Crippen LogP contribution is 2.32. The molecule has 0 bridgehead atoms. The van der Waals surface area contributed by atoms with Crippen molar-refractivity contribution in [1.82, 2.24) is 9.80 Å². The van der Waals surface area contributed by atoms with Gasteiger partial charge in [-0.15, -0.1) is 0 Å². The number of ether oxygens (including phenoxy) is 1. The number of carbonyl (C=O) groups excluding carboxylic acids is 2. The SMILES string of the molecule is CCCN1CCN(C(=O)c2oc3ccccc3c2NC(=O)COc2ccccc2)CC1. The summed E-state index contributed by atoms with van der Waals surface area (Å²) in [5, 5.41) is 3.53. The number of carbonyl (C=O) groups is 2. The summed E-state index contributed by atoms with van der Waals surface area (Å²) in [7, 11) is 0. The second kappa shape index (κ2) is 9.66. The first-order valence-corrected chi connectivity index (χ1v) is 10.7. The minimum atomic E-state index is -0.350. The predicted octanol–water partition coefficient (Wildman–Crippen LogP) is 3.62. The highest BCUT2D eigenvalue weighted by atomic mass is 16.5. The van der Waals surface area contributed by atoms with Gasteiger partial charge in [0.05, 0.1) is 0 Å². The molecule has 0 radical (unpaired) electrons. The molecule has 7 nitrogen and oxygen atoms in total. The van der Waals surface area contributed by atoms with Crippen LogP contribution in [0.2, 0.25) is 0 Å². The zero-order valence-electron chi connectivity index (χ0n) is 17.7. The molecular formula is C24H27N3O4. The first-order valence-electron chi connectivity index (χ1n) is 10.7. The number of benzene rings is 2. The molecule has 2 aromatic carbocycles. The zero-order valence-corrected chi connectivity index (χ0v) is 17.7. The van der Waals surface area contributed by atoms with Gasteiger partial charge in [0.1, 0.15) is 17.0 Å². The molecular weight excluding hydrogens is 394 g/mol. The molecule has 7 heteroatoms. The average molecular weight is 421 g/mol. The minimum Gasteiger partial charge on any atom is -0.484 e. The predicted molar refractivity (Wildman–Crippen MR) is 119 cm³/mol. The lowest BCUT2D eigenvalue weighted by Crippen LogP contribution is -2.48. The second-order valence-electron chi connectivity index (χ2n) is 7.59. The summed E-state index contributed by atoms with van der Waals surface area (Å²) >= 11 is 0. The van der Waals surface area contributed by atoms with Crippen molar-refractivity contribution in [2.24, 2.45) is 0 Å². The molecule has 2 heterocycles. The third kappa shape index (κ3) is 4.88. The molecule has 0 unspecified atom stereocenters. The van der Waals surface area contributed by atoms with Crippen LogP contribution in [-0.4, -0.2) is 60.9 Å². The molecule has 0 saturated carbocycles. The first kappa shape index (κ1) is 20.9. The third-order valence-electron chi connectivity index (χ3n) is 5.37. The van der Waals surface area contributed by atoms with E-state index in [1.807, 2.05) is 36.4 Å². The topological polar surface area (TPSA) is 75.0 Å². The summed E-state index contributed by atoms with van der Waals surface area (Å²) < 4.78 is 11.4. The Morgan fingerprint density at radius 2 is 1.71 bits per heavy atom. The Morgan fingerprint density at radius 3 is 2.45 bits per heavy atom. The lowest BCUT2D eigenvalue weighted by molar-refractivity contribution is -0.118. The van der Waals surface area contributed by atoms with Crippen LogP contribution in [0.5, 0.6) is 5.75 Å². The number of hydrogen-bond acceptors (Lipinski definition) is 5. The lowest BCUT2D eigenvalue weighted by Gasteiger charge is -2.34. The van der Waals surface area contributed by atoms with Gasteiger partial charge in [0.15, 0.2) is 6.61 Å². The van der Waals surface area contributed by atoms with E-state index in [0.29, 0.717) is 35.5 Å². The molecule has 1 aliphatic rings. The molecule has 31 heavy (non-hydrogen) atoms. The van der Waals surface area contributed by atoms with Gasteiger partial charge in [-0.2, -0.15) is 0 Å². The number of rotatable bonds is 7. The molecule has 162 valence electrons. The number of anilines is 1. The number of amides is 2. The van der Waals surface area contributed by atoms with Crippen molar-refractivity contribution in [1.29, 1.82) is 0 Å². The Balaban J connectivity index is 1.50. The van der Waals surface area contributed by atoms with E-state index >= 15 is 0 Å². The quantitative estimate of drug-likeness (QED) is 0.631. The molecule has 1 aliphatic heterocycles. The fourth-order valence-electron chi connectivity index (χ4n) is 3.80. The molecule has 2 amide bonds. The standard InChI is InChI=1S/C24H27N3O4/c1-2-12-26-13-15-27(16-14-26)24(29)23-22(19-10-6-7-11-20(19)31-23)25-21(28)17-30-18-8-4-3-5-9-18/h3-11H,2,12-17H2,1H3,(H,25,28). The van der Waals surface area contributed by atoms with Gasteiger partial charge >= 0.3 is 0 Å². The number of fused-ring (bicyclic) bond motifs is 1. The van der Waals surface area contributed by atoms with Gasteiger partial charge in [-0.1, -0.05) is 37.3 Å². The Hall–Kier alpha value is -3.32. The zero-order chi connectivity index (χ0) is 21.6. The van der Waals surface area contributed by atoms with Crippen molar-refractivity contribution in [2.45, 2.75) is 13.3 Å². The Morgan fingerprint density at radius 1 is 1.00 bits per heavy atom. The van der Waals surface area contributed by atoms with Crippen molar-refractivity contribution in [2.75, 3.05) is 44.6 Å². The second-order valence-corrected chi connectivity index (χ2v) is 7.59. The van der Waals surface area contributed by atoms with Crippen LogP contribution >= 0.6 is 0 Å². The maximum Gasteiger partial charge on any atom is 0.291 e. The van der Waals surface area contributed by atoms with Crippen molar-refractivity contribution in [3.05, 3.63) is 60.4 Å². The summed E-state index contributed by atoms with van der Waals surface area (Å²) in [6, 6.07) is 16.5. The van der Waals surface area contributed by atoms with Crippen LogP contribution < -0.4 is 10.1 Å². The summed E-state index contributed by atoms with van der Waals surface area (Å²) in [6.45, 7) is 5.99. The van der Waals surface area contributed by atoms with E-state index in [9.17, 15) is 9.59 Å². The van der Waals surface area contributed by atoms with Crippen LogP contribution in [0.15, 0.2) is 59.0 Å². The largest absolute Gasteiger partial charge is 0.484 e. The number of hydrogen-bond donors (Lipinski definition) is 1. The summed E-state index contributed by atoms with van der Waals surface area (Å²) in [5.74, 6) is 0.220.